The minimum Gasteiger partial charge on any atom is -0.467 e. The molecule has 6 nitrogen and oxygen atoms in total. The number of benzene rings is 1. The third-order valence-corrected chi connectivity index (χ3v) is 3.72. The summed E-state index contributed by atoms with van der Waals surface area (Å²) in [4.78, 5) is 28.1. The minimum atomic E-state index is -1.06. The van der Waals surface area contributed by atoms with Gasteiger partial charge >= 0.3 is 5.97 Å². The first-order chi connectivity index (χ1) is 11.5. The molecule has 0 radical (unpaired) electrons. The summed E-state index contributed by atoms with van der Waals surface area (Å²) in [6.45, 7) is 3.44. The molecule has 0 aliphatic rings. The van der Waals surface area contributed by atoms with Gasteiger partial charge in [0.2, 0.25) is 0 Å². The van der Waals surface area contributed by atoms with Gasteiger partial charge in [0.1, 0.15) is 17.0 Å². The number of carbonyl (C=O) groups is 2. The summed E-state index contributed by atoms with van der Waals surface area (Å²) in [6.07, 6.45) is 3.68. The average molecular weight is 328 g/mol. The van der Waals surface area contributed by atoms with E-state index >= 15 is 0 Å². The number of esters is 1. The van der Waals surface area contributed by atoms with Crippen LogP contribution in [0.2, 0.25) is 0 Å². The summed E-state index contributed by atoms with van der Waals surface area (Å²) in [5, 5.41) is 2.71. The van der Waals surface area contributed by atoms with Gasteiger partial charge < -0.3 is 14.8 Å². The minimum absolute atomic E-state index is 0.349. The van der Waals surface area contributed by atoms with Crippen LogP contribution in [0.5, 0.6) is 11.5 Å². The standard InChI is InChI=1S/C18H20N2O4/c1-4-18(2,17(22)23-3)20-16(21)13-7-9-14(10-8-13)24-15-6-5-11-19-12-15/h5-12H,4H2,1-3H3,(H,20,21). The summed E-state index contributed by atoms with van der Waals surface area (Å²) < 4.78 is 10.4. The first-order valence-corrected chi connectivity index (χ1v) is 7.57. The average Bonchev–Trinajstić information content (AvgIpc) is 2.62. The molecule has 0 saturated carbocycles. The van der Waals surface area contributed by atoms with Crippen LogP contribution in [0.3, 0.4) is 0 Å². The van der Waals surface area contributed by atoms with Crippen molar-refractivity contribution >= 4 is 11.9 Å². The Bertz CT molecular complexity index is 701. The van der Waals surface area contributed by atoms with Crippen LogP contribution in [0.25, 0.3) is 0 Å². The van der Waals surface area contributed by atoms with Crippen molar-refractivity contribution < 1.29 is 19.1 Å². The van der Waals surface area contributed by atoms with Gasteiger partial charge in [-0.05, 0) is 49.7 Å². The summed E-state index contributed by atoms with van der Waals surface area (Å²) in [6, 6.07) is 10.2. The van der Waals surface area contributed by atoms with Crippen LogP contribution < -0.4 is 10.1 Å². The summed E-state index contributed by atoms with van der Waals surface area (Å²) >= 11 is 0. The van der Waals surface area contributed by atoms with E-state index in [9.17, 15) is 9.59 Å². The van der Waals surface area contributed by atoms with Crippen molar-refractivity contribution in [3.05, 3.63) is 54.4 Å². The molecular weight excluding hydrogens is 308 g/mol. The molecule has 24 heavy (non-hydrogen) atoms. The second-order valence-electron chi connectivity index (χ2n) is 5.45. The van der Waals surface area contributed by atoms with Crippen molar-refractivity contribution in [3.63, 3.8) is 0 Å². The molecule has 0 fully saturated rings. The molecule has 1 amide bonds. The Labute approximate surface area is 140 Å². The number of hydrogen-bond acceptors (Lipinski definition) is 5. The van der Waals surface area contributed by atoms with E-state index in [2.05, 4.69) is 10.3 Å². The quantitative estimate of drug-likeness (QED) is 0.825. The molecule has 1 unspecified atom stereocenters. The fourth-order valence-corrected chi connectivity index (χ4v) is 2.05. The monoisotopic (exact) mass is 328 g/mol. The van der Waals surface area contributed by atoms with Gasteiger partial charge in [0.15, 0.2) is 0 Å². The van der Waals surface area contributed by atoms with E-state index in [0.717, 1.165) is 0 Å². The van der Waals surface area contributed by atoms with Crippen molar-refractivity contribution in [3.8, 4) is 11.5 Å². The number of nitrogens with one attached hydrogen (secondary N) is 1. The number of carbonyl (C=O) groups excluding carboxylic acids is 2. The maximum absolute atomic E-state index is 12.3. The Kier molecular flexibility index (Phi) is 5.52. The maximum atomic E-state index is 12.3. The van der Waals surface area contributed by atoms with Gasteiger partial charge in [-0.1, -0.05) is 6.92 Å². The molecule has 0 aliphatic carbocycles. The van der Waals surface area contributed by atoms with Gasteiger partial charge in [-0.3, -0.25) is 9.78 Å². The molecule has 0 bridgehead atoms. The first-order valence-electron chi connectivity index (χ1n) is 7.57. The van der Waals surface area contributed by atoms with Crippen LogP contribution in [-0.2, 0) is 9.53 Å². The molecule has 126 valence electrons. The van der Waals surface area contributed by atoms with Crippen molar-refractivity contribution in [2.45, 2.75) is 25.8 Å². The molecule has 0 aliphatic heterocycles. The normalized spacial score (nSPS) is 12.8. The van der Waals surface area contributed by atoms with Crippen LogP contribution in [0.4, 0.5) is 0 Å². The van der Waals surface area contributed by atoms with E-state index in [-0.39, 0.29) is 5.91 Å². The molecule has 6 heteroatoms. The molecular formula is C18H20N2O4. The predicted molar refractivity (Wildman–Crippen MR) is 88.9 cm³/mol. The van der Waals surface area contributed by atoms with Gasteiger partial charge in [-0.15, -0.1) is 0 Å². The molecule has 1 N–H and O–H groups in total. The van der Waals surface area contributed by atoms with Crippen LogP contribution in [0, 0.1) is 0 Å². The molecule has 1 aromatic heterocycles. The fraction of sp³-hybridized carbons (Fsp3) is 0.278. The van der Waals surface area contributed by atoms with Gasteiger partial charge in [-0.25, -0.2) is 4.79 Å². The summed E-state index contributed by atoms with van der Waals surface area (Å²) in [7, 11) is 1.30. The lowest BCUT2D eigenvalue weighted by Crippen LogP contribution is -2.52. The number of ether oxygens (including phenoxy) is 2. The largest absolute Gasteiger partial charge is 0.467 e. The fourth-order valence-electron chi connectivity index (χ4n) is 2.05. The zero-order valence-electron chi connectivity index (χ0n) is 13.9. The highest BCUT2D eigenvalue weighted by molar-refractivity contribution is 5.98. The maximum Gasteiger partial charge on any atom is 0.331 e. The lowest BCUT2D eigenvalue weighted by Gasteiger charge is -2.26. The van der Waals surface area contributed by atoms with Crippen molar-refractivity contribution in [1.29, 1.82) is 0 Å². The molecule has 2 aromatic rings. The third kappa shape index (κ3) is 4.10. The van der Waals surface area contributed by atoms with E-state index in [1.165, 1.54) is 7.11 Å². The lowest BCUT2D eigenvalue weighted by molar-refractivity contribution is -0.147. The van der Waals surface area contributed by atoms with Crippen LogP contribution in [0.1, 0.15) is 30.6 Å². The number of amides is 1. The van der Waals surface area contributed by atoms with Crippen molar-refractivity contribution in [1.82, 2.24) is 10.3 Å². The van der Waals surface area contributed by atoms with Gasteiger partial charge in [-0.2, -0.15) is 0 Å². The summed E-state index contributed by atoms with van der Waals surface area (Å²) in [5.74, 6) is 0.372. The molecule has 0 saturated heterocycles. The van der Waals surface area contributed by atoms with Gasteiger partial charge in [0.25, 0.3) is 5.91 Å². The Balaban J connectivity index is 2.07. The molecule has 1 heterocycles. The number of methoxy groups -OCH3 is 1. The van der Waals surface area contributed by atoms with Gasteiger partial charge in [0.05, 0.1) is 13.3 Å². The highest BCUT2D eigenvalue weighted by atomic mass is 16.5. The number of pyridine rings is 1. The lowest BCUT2D eigenvalue weighted by atomic mass is 9.98. The van der Waals surface area contributed by atoms with E-state index < -0.39 is 11.5 Å². The van der Waals surface area contributed by atoms with Crippen LogP contribution in [-0.4, -0.2) is 29.5 Å². The smallest absolute Gasteiger partial charge is 0.331 e. The van der Waals surface area contributed by atoms with E-state index in [1.54, 1.807) is 55.7 Å². The van der Waals surface area contributed by atoms with E-state index in [0.29, 0.717) is 23.5 Å². The molecule has 0 spiro atoms. The summed E-state index contributed by atoms with van der Waals surface area (Å²) in [5.41, 5.74) is -0.631. The van der Waals surface area contributed by atoms with Crippen molar-refractivity contribution in [2.75, 3.05) is 7.11 Å². The third-order valence-electron chi connectivity index (χ3n) is 3.72. The molecule has 2 rings (SSSR count). The zero-order valence-corrected chi connectivity index (χ0v) is 13.9. The first kappa shape index (κ1) is 17.5. The Morgan fingerprint density at radius 3 is 2.42 bits per heavy atom. The highest BCUT2D eigenvalue weighted by Crippen LogP contribution is 2.21. The van der Waals surface area contributed by atoms with E-state index in [4.69, 9.17) is 9.47 Å². The predicted octanol–water partition coefficient (Wildman–Crippen LogP) is 2.95. The highest BCUT2D eigenvalue weighted by Gasteiger charge is 2.34. The number of aromatic nitrogens is 1. The van der Waals surface area contributed by atoms with Crippen LogP contribution >= 0.6 is 0 Å². The Hall–Kier alpha value is -2.89. The molecule has 1 atom stereocenters. The van der Waals surface area contributed by atoms with Gasteiger partial charge in [0, 0.05) is 11.8 Å². The van der Waals surface area contributed by atoms with E-state index in [1.807, 2.05) is 6.92 Å². The number of nitrogens with zero attached hydrogens (tertiary/aromatic N) is 1. The number of hydrogen-bond donors (Lipinski definition) is 1. The number of rotatable bonds is 6. The second kappa shape index (κ2) is 7.59. The zero-order chi connectivity index (χ0) is 17.6. The van der Waals surface area contributed by atoms with Crippen molar-refractivity contribution in [2.24, 2.45) is 0 Å². The Morgan fingerprint density at radius 1 is 1.17 bits per heavy atom. The topological polar surface area (TPSA) is 77.5 Å². The SMILES string of the molecule is CCC(C)(NC(=O)c1ccc(Oc2cccnc2)cc1)C(=O)OC. The molecule has 1 aromatic carbocycles. The Morgan fingerprint density at radius 2 is 1.88 bits per heavy atom. The second-order valence-corrected chi connectivity index (χ2v) is 5.45. The van der Waals surface area contributed by atoms with Crippen LogP contribution in [0.15, 0.2) is 48.8 Å².